The lowest BCUT2D eigenvalue weighted by Crippen LogP contribution is -2.28. The summed E-state index contributed by atoms with van der Waals surface area (Å²) in [5, 5.41) is 8.34. The van der Waals surface area contributed by atoms with E-state index in [1.54, 1.807) is 0 Å². The van der Waals surface area contributed by atoms with E-state index in [2.05, 4.69) is 29.9 Å². The average molecular weight is 219 g/mol. The molecule has 0 amide bonds. The second-order valence-electron chi connectivity index (χ2n) is 5.51. The van der Waals surface area contributed by atoms with Crippen LogP contribution in [0.3, 0.4) is 0 Å². The van der Waals surface area contributed by atoms with Crippen molar-refractivity contribution in [3.63, 3.8) is 0 Å². The van der Waals surface area contributed by atoms with Crippen LogP contribution in [0.1, 0.15) is 63.6 Å². The first-order valence-electron chi connectivity index (χ1n) is 6.60. The molecule has 1 aliphatic heterocycles. The Hall–Kier alpha value is -0.990. The number of anilines is 1. The van der Waals surface area contributed by atoms with Gasteiger partial charge in [-0.1, -0.05) is 12.8 Å². The number of hydrogen-bond donors (Lipinski definition) is 1. The summed E-state index contributed by atoms with van der Waals surface area (Å²) >= 11 is 0. The van der Waals surface area contributed by atoms with Crippen LogP contribution in [-0.4, -0.2) is 15.8 Å². The molecule has 0 saturated heterocycles. The third kappa shape index (κ3) is 1.62. The SMILES string of the molecule is CC1CC(C)n2nc(C3CCCC3)cc2N1. The summed E-state index contributed by atoms with van der Waals surface area (Å²) in [6.07, 6.45) is 6.61. The Kier molecular flexibility index (Phi) is 2.41. The molecule has 0 aromatic carbocycles. The van der Waals surface area contributed by atoms with Crippen molar-refractivity contribution in [2.24, 2.45) is 0 Å². The minimum Gasteiger partial charge on any atom is -0.368 e. The first kappa shape index (κ1) is 10.2. The largest absolute Gasteiger partial charge is 0.368 e. The van der Waals surface area contributed by atoms with Gasteiger partial charge in [-0.25, -0.2) is 4.68 Å². The van der Waals surface area contributed by atoms with Gasteiger partial charge in [0.05, 0.1) is 11.7 Å². The Labute approximate surface area is 97.2 Å². The molecule has 3 nitrogen and oxygen atoms in total. The Morgan fingerprint density at radius 2 is 2.06 bits per heavy atom. The summed E-state index contributed by atoms with van der Waals surface area (Å²) in [5.41, 5.74) is 1.32. The van der Waals surface area contributed by atoms with Crippen molar-refractivity contribution in [1.29, 1.82) is 0 Å². The molecule has 1 fully saturated rings. The lowest BCUT2D eigenvalue weighted by molar-refractivity contribution is 0.409. The Balaban J connectivity index is 1.90. The number of nitrogens with zero attached hydrogens (tertiary/aromatic N) is 2. The predicted octanol–water partition coefficient (Wildman–Crippen LogP) is 3.31. The minimum absolute atomic E-state index is 0.543. The summed E-state index contributed by atoms with van der Waals surface area (Å²) in [5.74, 6) is 1.95. The maximum Gasteiger partial charge on any atom is 0.125 e. The van der Waals surface area contributed by atoms with Crippen molar-refractivity contribution >= 4 is 5.82 Å². The molecule has 16 heavy (non-hydrogen) atoms. The summed E-state index contributed by atoms with van der Waals surface area (Å²) < 4.78 is 2.19. The van der Waals surface area contributed by atoms with Crippen molar-refractivity contribution in [1.82, 2.24) is 9.78 Å². The molecule has 1 aliphatic carbocycles. The monoisotopic (exact) mass is 219 g/mol. The second kappa shape index (κ2) is 3.79. The van der Waals surface area contributed by atoms with Gasteiger partial charge < -0.3 is 5.32 Å². The van der Waals surface area contributed by atoms with Crippen LogP contribution in [0.2, 0.25) is 0 Å². The second-order valence-corrected chi connectivity index (χ2v) is 5.51. The topological polar surface area (TPSA) is 29.9 Å². The van der Waals surface area contributed by atoms with Crippen LogP contribution in [-0.2, 0) is 0 Å². The molecule has 2 unspecified atom stereocenters. The smallest absolute Gasteiger partial charge is 0.125 e. The van der Waals surface area contributed by atoms with Gasteiger partial charge in [-0.15, -0.1) is 0 Å². The van der Waals surface area contributed by atoms with Crippen LogP contribution >= 0.6 is 0 Å². The van der Waals surface area contributed by atoms with Crippen molar-refractivity contribution in [2.45, 2.75) is 64.0 Å². The van der Waals surface area contributed by atoms with Gasteiger partial charge in [0.15, 0.2) is 0 Å². The van der Waals surface area contributed by atoms with Crippen molar-refractivity contribution in [2.75, 3.05) is 5.32 Å². The highest BCUT2D eigenvalue weighted by molar-refractivity contribution is 5.41. The first-order valence-corrected chi connectivity index (χ1v) is 6.60. The van der Waals surface area contributed by atoms with Gasteiger partial charge in [0, 0.05) is 18.0 Å². The lowest BCUT2D eigenvalue weighted by atomic mass is 10.0. The highest BCUT2D eigenvalue weighted by Crippen LogP contribution is 2.36. The van der Waals surface area contributed by atoms with E-state index < -0.39 is 0 Å². The van der Waals surface area contributed by atoms with Crippen LogP contribution in [0.5, 0.6) is 0 Å². The van der Waals surface area contributed by atoms with Crippen LogP contribution in [0.4, 0.5) is 5.82 Å². The zero-order valence-electron chi connectivity index (χ0n) is 10.2. The Morgan fingerprint density at radius 3 is 2.81 bits per heavy atom. The van der Waals surface area contributed by atoms with Gasteiger partial charge in [-0.05, 0) is 33.1 Å². The van der Waals surface area contributed by atoms with Gasteiger partial charge in [0.25, 0.3) is 0 Å². The van der Waals surface area contributed by atoms with Crippen LogP contribution in [0.25, 0.3) is 0 Å². The molecule has 1 N–H and O–H groups in total. The summed E-state index contributed by atoms with van der Waals surface area (Å²) in [6, 6.07) is 3.40. The summed E-state index contributed by atoms with van der Waals surface area (Å²) in [7, 11) is 0. The van der Waals surface area contributed by atoms with Gasteiger partial charge in [-0.3, -0.25) is 0 Å². The van der Waals surface area contributed by atoms with E-state index in [1.807, 2.05) is 0 Å². The zero-order valence-corrected chi connectivity index (χ0v) is 10.2. The van der Waals surface area contributed by atoms with E-state index in [-0.39, 0.29) is 0 Å². The minimum atomic E-state index is 0.543. The average Bonchev–Trinajstić information content (AvgIpc) is 2.82. The Bertz CT molecular complexity index is 377. The van der Waals surface area contributed by atoms with E-state index in [1.165, 1.54) is 43.6 Å². The normalized spacial score (nSPS) is 30.1. The van der Waals surface area contributed by atoms with Crippen LogP contribution in [0, 0.1) is 0 Å². The molecule has 88 valence electrons. The molecule has 2 heterocycles. The molecule has 0 bridgehead atoms. The van der Waals surface area contributed by atoms with Gasteiger partial charge in [0.2, 0.25) is 0 Å². The van der Waals surface area contributed by atoms with E-state index >= 15 is 0 Å². The van der Waals surface area contributed by atoms with E-state index in [4.69, 9.17) is 5.10 Å². The molecule has 1 aromatic rings. The van der Waals surface area contributed by atoms with E-state index in [0.717, 1.165) is 5.92 Å². The number of aromatic nitrogens is 2. The van der Waals surface area contributed by atoms with Gasteiger partial charge in [0.1, 0.15) is 5.82 Å². The van der Waals surface area contributed by atoms with Gasteiger partial charge in [-0.2, -0.15) is 5.10 Å². The molecule has 0 radical (unpaired) electrons. The number of nitrogens with one attached hydrogen (secondary N) is 1. The Morgan fingerprint density at radius 1 is 1.31 bits per heavy atom. The fraction of sp³-hybridized carbons (Fsp3) is 0.769. The van der Waals surface area contributed by atoms with Crippen molar-refractivity contribution in [3.05, 3.63) is 11.8 Å². The molecule has 0 spiro atoms. The van der Waals surface area contributed by atoms with Gasteiger partial charge >= 0.3 is 0 Å². The lowest BCUT2D eigenvalue weighted by Gasteiger charge is -2.27. The maximum absolute atomic E-state index is 4.80. The third-order valence-electron chi connectivity index (χ3n) is 4.03. The maximum atomic E-state index is 4.80. The van der Waals surface area contributed by atoms with E-state index in [9.17, 15) is 0 Å². The first-order chi connectivity index (χ1) is 7.74. The van der Waals surface area contributed by atoms with Crippen LogP contribution in [0.15, 0.2) is 6.07 Å². The molecule has 2 aliphatic rings. The molecule has 2 atom stereocenters. The van der Waals surface area contributed by atoms with Crippen molar-refractivity contribution < 1.29 is 0 Å². The summed E-state index contributed by atoms with van der Waals surface area (Å²) in [4.78, 5) is 0. The fourth-order valence-electron chi connectivity index (χ4n) is 3.20. The predicted molar refractivity (Wildman–Crippen MR) is 65.8 cm³/mol. The molecule has 1 saturated carbocycles. The number of fused-ring (bicyclic) bond motifs is 1. The number of rotatable bonds is 1. The highest BCUT2D eigenvalue weighted by atomic mass is 15.4. The quantitative estimate of drug-likeness (QED) is 0.785. The zero-order chi connectivity index (χ0) is 11.1. The van der Waals surface area contributed by atoms with E-state index in [0.29, 0.717) is 12.1 Å². The fourth-order valence-corrected chi connectivity index (χ4v) is 3.20. The molecule has 3 heteroatoms. The molecular weight excluding hydrogens is 198 g/mol. The highest BCUT2D eigenvalue weighted by Gasteiger charge is 2.26. The third-order valence-corrected chi connectivity index (χ3v) is 4.03. The summed E-state index contributed by atoms with van der Waals surface area (Å²) in [6.45, 7) is 4.52. The molecule has 1 aromatic heterocycles. The number of hydrogen-bond acceptors (Lipinski definition) is 2. The van der Waals surface area contributed by atoms with Crippen molar-refractivity contribution in [3.8, 4) is 0 Å². The molecular formula is C13H21N3. The standard InChI is InChI=1S/C13H21N3/c1-9-7-10(2)16-13(14-9)8-12(15-16)11-5-3-4-6-11/h8-11,14H,3-7H2,1-2H3. The van der Waals surface area contributed by atoms with Crippen LogP contribution < -0.4 is 5.32 Å². The molecule has 3 rings (SSSR count).